The average molecular weight is 292 g/mol. The highest BCUT2D eigenvalue weighted by Crippen LogP contribution is 2.18. The normalized spacial score (nSPS) is 18.0. The van der Waals surface area contributed by atoms with Crippen LogP contribution in [0, 0.1) is 0 Å². The molecule has 3 amide bonds. The van der Waals surface area contributed by atoms with E-state index in [1.165, 1.54) is 4.90 Å². The zero-order chi connectivity index (χ0) is 15.4. The molecule has 0 radical (unpaired) electrons. The molecule has 0 aromatic heterocycles. The molecule has 5 N–H and O–H groups in total. The quantitative estimate of drug-likeness (QED) is 0.587. The smallest absolute Gasteiger partial charge is 0.322 e. The van der Waals surface area contributed by atoms with E-state index in [1.807, 2.05) is 0 Å². The minimum Gasteiger partial charge on any atom is -0.481 e. The van der Waals surface area contributed by atoms with Crippen LogP contribution in [0.4, 0.5) is 16.2 Å². The lowest BCUT2D eigenvalue weighted by atomic mass is 10.1. The Morgan fingerprint density at radius 3 is 2.81 bits per heavy atom. The lowest BCUT2D eigenvalue weighted by Gasteiger charge is -2.34. The van der Waals surface area contributed by atoms with Gasteiger partial charge in [0, 0.05) is 13.1 Å². The number of rotatable bonds is 3. The summed E-state index contributed by atoms with van der Waals surface area (Å²) in [6.45, 7) is 0.523. The van der Waals surface area contributed by atoms with Crippen LogP contribution >= 0.6 is 0 Å². The topological polar surface area (TPSA) is 125 Å². The third-order valence-corrected chi connectivity index (χ3v) is 3.16. The summed E-state index contributed by atoms with van der Waals surface area (Å²) in [4.78, 5) is 36.0. The molecule has 1 atom stereocenters. The molecule has 1 unspecified atom stereocenters. The van der Waals surface area contributed by atoms with Gasteiger partial charge >= 0.3 is 12.0 Å². The number of carboxylic acids is 1. The second-order valence-corrected chi connectivity index (χ2v) is 4.62. The molecule has 1 aliphatic rings. The number of amides is 3. The number of carbonyl (C=O) groups excluding carboxylic acids is 2. The van der Waals surface area contributed by atoms with Gasteiger partial charge in [0.15, 0.2) is 0 Å². The number of carboxylic acid groups (broad SMARTS) is 1. The zero-order valence-corrected chi connectivity index (χ0v) is 11.2. The number of carbonyl (C=O) groups is 3. The van der Waals surface area contributed by atoms with E-state index < -0.39 is 30.4 Å². The molecule has 1 aromatic carbocycles. The van der Waals surface area contributed by atoms with Gasteiger partial charge in [-0.05, 0) is 12.1 Å². The Hall–Kier alpha value is -2.77. The van der Waals surface area contributed by atoms with Gasteiger partial charge in [-0.2, -0.15) is 0 Å². The first-order valence-electron chi connectivity index (χ1n) is 6.40. The van der Waals surface area contributed by atoms with E-state index in [2.05, 4.69) is 10.6 Å². The van der Waals surface area contributed by atoms with Gasteiger partial charge in [0.25, 0.3) is 0 Å². The largest absolute Gasteiger partial charge is 0.481 e. The van der Waals surface area contributed by atoms with Gasteiger partial charge in [-0.3, -0.25) is 9.59 Å². The Bertz CT molecular complexity index is 575. The minimum absolute atomic E-state index is 0.238. The van der Waals surface area contributed by atoms with Crippen molar-refractivity contribution in [3.05, 3.63) is 24.3 Å². The number of para-hydroxylation sites is 2. The number of urea groups is 1. The molecular formula is C13H16N4O4. The number of nitrogens with one attached hydrogen (secondary N) is 2. The van der Waals surface area contributed by atoms with Gasteiger partial charge in [0.05, 0.1) is 17.8 Å². The van der Waals surface area contributed by atoms with Crippen molar-refractivity contribution in [2.75, 3.05) is 24.1 Å². The van der Waals surface area contributed by atoms with Crippen LogP contribution in [-0.4, -0.2) is 47.0 Å². The highest BCUT2D eigenvalue weighted by molar-refractivity contribution is 5.97. The Morgan fingerprint density at radius 2 is 2.14 bits per heavy atom. The summed E-state index contributed by atoms with van der Waals surface area (Å²) in [5.41, 5.74) is 6.54. The van der Waals surface area contributed by atoms with Crippen molar-refractivity contribution in [1.82, 2.24) is 10.2 Å². The molecule has 0 aliphatic carbocycles. The minimum atomic E-state index is -1.14. The molecule has 1 fully saturated rings. The number of benzene rings is 1. The number of piperazine rings is 1. The fraction of sp³-hybridized carbons (Fsp3) is 0.308. The number of anilines is 2. The average Bonchev–Trinajstić information content (AvgIpc) is 2.43. The predicted molar refractivity (Wildman–Crippen MR) is 75.6 cm³/mol. The van der Waals surface area contributed by atoms with Crippen LogP contribution in [0.15, 0.2) is 24.3 Å². The van der Waals surface area contributed by atoms with Gasteiger partial charge in [-0.25, -0.2) is 4.79 Å². The third-order valence-electron chi connectivity index (χ3n) is 3.16. The molecule has 8 nitrogen and oxygen atoms in total. The van der Waals surface area contributed by atoms with E-state index >= 15 is 0 Å². The first-order valence-corrected chi connectivity index (χ1v) is 6.40. The van der Waals surface area contributed by atoms with Crippen molar-refractivity contribution >= 4 is 29.3 Å². The van der Waals surface area contributed by atoms with Crippen molar-refractivity contribution < 1.29 is 19.5 Å². The van der Waals surface area contributed by atoms with E-state index in [0.29, 0.717) is 11.4 Å². The van der Waals surface area contributed by atoms with Gasteiger partial charge < -0.3 is 26.4 Å². The lowest BCUT2D eigenvalue weighted by Crippen LogP contribution is -2.58. The van der Waals surface area contributed by atoms with Crippen LogP contribution in [0.1, 0.15) is 6.42 Å². The van der Waals surface area contributed by atoms with Crippen molar-refractivity contribution in [1.29, 1.82) is 0 Å². The molecule has 0 bridgehead atoms. The number of hydrogen-bond acceptors (Lipinski definition) is 4. The fourth-order valence-corrected chi connectivity index (χ4v) is 2.12. The summed E-state index contributed by atoms with van der Waals surface area (Å²) in [5.74, 6) is -1.62. The molecule has 0 spiro atoms. The summed E-state index contributed by atoms with van der Waals surface area (Å²) in [5, 5.41) is 14.0. The molecule has 1 aliphatic heterocycles. The van der Waals surface area contributed by atoms with Crippen molar-refractivity contribution in [2.45, 2.75) is 12.5 Å². The predicted octanol–water partition coefficient (Wildman–Crippen LogP) is 0.0758. The maximum Gasteiger partial charge on any atom is 0.322 e. The lowest BCUT2D eigenvalue weighted by molar-refractivity contribution is -0.142. The Kier molecular flexibility index (Phi) is 4.27. The van der Waals surface area contributed by atoms with Gasteiger partial charge in [0.1, 0.15) is 6.04 Å². The van der Waals surface area contributed by atoms with Crippen LogP contribution in [0.2, 0.25) is 0 Å². The Labute approximate surface area is 120 Å². The monoisotopic (exact) mass is 292 g/mol. The molecule has 1 aromatic rings. The van der Waals surface area contributed by atoms with E-state index in [9.17, 15) is 14.4 Å². The van der Waals surface area contributed by atoms with Crippen LogP contribution in [0.25, 0.3) is 0 Å². The maximum absolute atomic E-state index is 12.2. The summed E-state index contributed by atoms with van der Waals surface area (Å²) < 4.78 is 0. The van der Waals surface area contributed by atoms with Crippen molar-refractivity contribution in [3.8, 4) is 0 Å². The van der Waals surface area contributed by atoms with Crippen molar-refractivity contribution in [3.63, 3.8) is 0 Å². The number of nitrogens with zero attached hydrogens (tertiary/aromatic N) is 1. The molecule has 21 heavy (non-hydrogen) atoms. The molecule has 2 rings (SSSR count). The second-order valence-electron chi connectivity index (χ2n) is 4.62. The number of aliphatic carboxylic acids is 1. The SMILES string of the molecule is Nc1ccccc1NC(=O)N1CCNC(=O)C1CC(=O)O. The molecular weight excluding hydrogens is 276 g/mol. The highest BCUT2D eigenvalue weighted by atomic mass is 16.4. The van der Waals surface area contributed by atoms with Crippen LogP contribution in [0.5, 0.6) is 0 Å². The standard InChI is InChI=1S/C13H16N4O4/c14-8-3-1-2-4-9(8)16-13(21)17-6-5-15-12(20)10(17)7-11(18)19/h1-4,10H,5-7,14H2,(H,15,20)(H,16,21)(H,18,19). The first kappa shape index (κ1) is 14.6. The number of nitrogen functional groups attached to an aromatic ring is 1. The maximum atomic E-state index is 12.2. The van der Waals surface area contributed by atoms with E-state index in [0.717, 1.165) is 0 Å². The van der Waals surface area contributed by atoms with E-state index in [-0.39, 0.29) is 13.1 Å². The zero-order valence-electron chi connectivity index (χ0n) is 11.2. The van der Waals surface area contributed by atoms with Crippen LogP contribution in [0.3, 0.4) is 0 Å². The van der Waals surface area contributed by atoms with Crippen LogP contribution in [-0.2, 0) is 9.59 Å². The van der Waals surface area contributed by atoms with Gasteiger partial charge in [-0.1, -0.05) is 12.1 Å². The van der Waals surface area contributed by atoms with Crippen LogP contribution < -0.4 is 16.4 Å². The molecule has 0 saturated carbocycles. The third kappa shape index (κ3) is 3.41. The highest BCUT2D eigenvalue weighted by Gasteiger charge is 2.34. The molecule has 8 heteroatoms. The second kappa shape index (κ2) is 6.12. The van der Waals surface area contributed by atoms with Gasteiger partial charge in [0.2, 0.25) is 5.91 Å². The Morgan fingerprint density at radius 1 is 1.43 bits per heavy atom. The summed E-state index contributed by atoms with van der Waals surface area (Å²) in [7, 11) is 0. The van der Waals surface area contributed by atoms with E-state index in [4.69, 9.17) is 10.8 Å². The molecule has 1 heterocycles. The molecule has 1 saturated heterocycles. The fourth-order valence-electron chi connectivity index (χ4n) is 2.12. The van der Waals surface area contributed by atoms with Crippen molar-refractivity contribution in [2.24, 2.45) is 0 Å². The Balaban J connectivity index is 2.14. The summed E-state index contributed by atoms with van der Waals surface area (Å²) in [6.07, 6.45) is -0.441. The van der Waals surface area contributed by atoms with E-state index in [1.54, 1.807) is 24.3 Å². The summed E-state index contributed by atoms with van der Waals surface area (Å²) in [6, 6.07) is 5.13. The van der Waals surface area contributed by atoms with Gasteiger partial charge in [-0.15, -0.1) is 0 Å². The number of nitrogens with two attached hydrogens (primary N) is 1. The number of hydrogen-bond donors (Lipinski definition) is 4. The first-order chi connectivity index (χ1) is 9.99. The molecule has 112 valence electrons. The summed E-state index contributed by atoms with van der Waals surface area (Å²) >= 11 is 0.